The van der Waals surface area contributed by atoms with Gasteiger partial charge in [-0.1, -0.05) is 0 Å². The molecule has 0 heterocycles. The topological polar surface area (TPSA) is 76.7 Å². The Morgan fingerprint density at radius 3 is 2.11 bits per heavy atom. The molecule has 2 aliphatic rings. The molecule has 0 aromatic carbocycles. The monoisotopic (exact) mass is 270 g/mol. The summed E-state index contributed by atoms with van der Waals surface area (Å²) < 4.78 is 10.4. The van der Waals surface area contributed by atoms with Gasteiger partial charge in [0.25, 0.3) is 0 Å². The summed E-state index contributed by atoms with van der Waals surface area (Å²) in [4.78, 5) is 22.9. The minimum atomic E-state index is -0.492. The Hall–Kier alpha value is -1.46. The van der Waals surface area contributed by atoms with Crippen molar-refractivity contribution in [1.82, 2.24) is 10.6 Å². The molecule has 2 fully saturated rings. The van der Waals surface area contributed by atoms with Crippen molar-refractivity contribution >= 4 is 12.2 Å². The van der Waals surface area contributed by atoms with Crippen LogP contribution in [0, 0.1) is 0 Å². The number of alkyl carbamates (subject to hydrolysis) is 2. The van der Waals surface area contributed by atoms with Crippen LogP contribution in [0.1, 0.15) is 46.5 Å². The molecule has 0 radical (unpaired) electrons. The Kier molecular flexibility index (Phi) is 3.87. The maximum Gasteiger partial charge on any atom is 0.407 e. The molecule has 0 aliphatic heterocycles. The number of ether oxygens (including phenoxy) is 2. The summed E-state index contributed by atoms with van der Waals surface area (Å²) in [6.45, 7) is 5.46. The fraction of sp³-hybridized carbons (Fsp3) is 0.846. The van der Waals surface area contributed by atoms with E-state index in [4.69, 9.17) is 9.47 Å². The van der Waals surface area contributed by atoms with Crippen molar-refractivity contribution in [1.29, 1.82) is 0 Å². The van der Waals surface area contributed by atoms with Crippen molar-refractivity contribution < 1.29 is 19.1 Å². The second-order valence-corrected chi connectivity index (χ2v) is 6.26. The van der Waals surface area contributed by atoms with E-state index in [1.165, 1.54) is 0 Å². The second-order valence-electron chi connectivity index (χ2n) is 6.26. The first-order chi connectivity index (χ1) is 8.82. The normalized spacial score (nSPS) is 26.1. The molecule has 6 nitrogen and oxygen atoms in total. The second kappa shape index (κ2) is 5.27. The highest BCUT2D eigenvalue weighted by Gasteiger charge is 2.35. The van der Waals surface area contributed by atoms with E-state index in [1.54, 1.807) is 0 Å². The molecule has 2 amide bonds. The van der Waals surface area contributed by atoms with Crippen molar-refractivity contribution in [2.45, 2.75) is 70.2 Å². The van der Waals surface area contributed by atoms with Gasteiger partial charge in [-0.15, -0.1) is 0 Å². The summed E-state index contributed by atoms with van der Waals surface area (Å²) in [5, 5.41) is 5.52. The number of rotatable bonds is 3. The van der Waals surface area contributed by atoms with Crippen molar-refractivity contribution in [3.63, 3.8) is 0 Å². The van der Waals surface area contributed by atoms with E-state index < -0.39 is 11.7 Å². The fourth-order valence-electron chi connectivity index (χ4n) is 1.83. The average Bonchev–Trinajstić information content (AvgIpc) is 2.94. The Balaban J connectivity index is 1.57. The van der Waals surface area contributed by atoms with E-state index in [-0.39, 0.29) is 18.2 Å². The first-order valence-electron chi connectivity index (χ1n) is 6.78. The van der Waals surface area contributed by atoms with E-state index in [1.807, 2.05) is 20.8 Å². The van der Waals surface area contributed by atoms with Gasteiger partial charge < -0.3 is 20.1 Å². The number of carbonyl (C=O) groups is 2. The third-order valence-electron chi connectivity index (χ3n) is 2.99. The largest absolute Gasteiger partial charge is 0.446 e. The van der Waals surface area contributed by atoms with Crippen LogP contribution in [0.4, 0.5) is 9.59 Å². The van der Waals surface area contributed by atoms with Crippen LogP contribution in [-0.2, 0) is 9.47 Å². The lowest BCUT2D eigenvalue weighted by atomic mass is 9.89. The molecule has 6 heteroatoms. The Morgan fingerprint density at radius 1 is 1.00 bits per heavy atom. The van der Waals surface area contributed by atoms with E-state index in [0.717, 1.165) is 12.8 Å². The molecule has 0 atom stereocenters. The molecule has 0 spiro atoms. The number of carbonyl (C=O) groups excluding carboxylic acids is 2. The van der Waals surface area contributed by atoms with Gasteiger partial charge in [-0.25, -0.2) is 9.59 Å². The summed E-state index contributed by atoms with van der Waals surface area (Å²) in [6.07, 6.45) is 2.53. The summed E-state index contributed by atoms with van der Waals surface area (Å²) >= 11 is 0. The van der Waals surface area contributed by atoms with E-state index in [0.29, 0.717) is 18.9 Å². The van der Waals surface area contributed by atoms with Crippen LogP contribution in [0.15, 0.2) is 0 Å². The minimum absolute atomic E-state index is 0.0357. The highest BCUT2D eigenvalue weighted by molar-refractivity contribution is 5.69. The highest BCUT2D eigenvalue weighted by atomic mass is 16.6. The Morgan fingerprint density at radius 2 is 1.58 bits per heavy atom. The molecule has 108 valence electrons. The first kappa shape index (κ1) is 14.0. The third-order valence-corrected chi connectivity index (χ3v) is 2.99. The fourth-order valence-corrected chi connectivity index (χ4v) is 1.83. The van der Waals surface area contributed by atoms with Gasteiger partial charge in [-0.3, -0.25) is 0 Å². The molecule has 0 aromatic rings. The Labute approximate surface area is 113 Å². The SMILES string of the molecule is CC(C)(C)OC(=O)NC1CC(OC(=O)NC2CC2)C1. The van der Waals surface area contributed by atoms with Gasteiger partial charge in [0.15, 0.2) is 0 Å². The van der Waals surface area contributed by atoms with Crippen LogP contribution < -0.4 is 10.6 Å². The van der Waals surface area contributed by atoms with Crippen molar-refractivity contribution in [2.75, 3.05) is 0 Å². The number of hydrogen-bond acceptors (Lipinski definition) is 4. The average molecular weight is 270 g/mol. The zero-order chi connectivity index (χ0) is 14.0. The van der Waals surface area contributed by atoms with E-state index in [2.05, 4.69) is 10.6 Å². The zero-order valence-electron chi connectivity index (χ0n) is 11.7. The maximum absolute atomic E-state index is 11.5. The number of hydrogen-bond donors (Lipinski definition) is 2. The predicted octanol–water partition coefficient (Wildman–Crippen LogP) is 1.93. The summed E-state index contributed by atoms with van der Waals surface area (Å²) in [6, 6.07) is 0.344. The number of amides is 2. The lowest BCUT2D eigenvalue weighted by molar-refractivity contribution is 0.0187. The van der Waals surface area contributed by atoms with Gasteiger partial charge in [0.1, 0.15) is 11.7 Å². The maximum atomic E-state index is 11.5. The van der Waals surface area contributed by atoms with Crippen molar-refractivity contribution in [2.24, 2.45) is 0 Å². The molecule has 19 heavy (non-hydrogen) atoms. The summed E-state index contributed by atoms with van der Waals surface area (Å²) in [5.74, 6) is 0. The van der Waals surface area contributed by atoms with Gasteiger partial charge in [0, 0.05) is 24.9 Å². The zero-order valence-corrected chi connectivity index (χ0v) is 11.7. The van der Waals surface area contributed by atoms with Crippen molar-refractivity contribution in [3.05, 3.63) is 0 Å². The summed E-state index contributed by atoms with van der Waals surface area (Å²) in [5.41, 5.74) is -0.492. The van der Waals surface area contributed by atoms with E-state index >= 15 is 0 Å². The quantitative estimate of drug-likeness (QED) is 0.821. The lowest BCUT2D eigenvalue weighted by Gasteiger charge is -2.35. The molecular weight excluding hydrogens is 248 g/mol. The third kappa shape index (κ3) is 4.96. The van der Waals surface area contributed by atoms with Gasteiger partial charge in [0.2, 0.25) is 0 Å². The smallest absolute Gasteiger partial charge is 0.407 e. The Bertz CT molecular complexity index is 354. The van der Waals surface area contributed by atoms with Crippen LogP contribution in [0.25, 0.3) is 0 Å². The van der Waals surface area contributed by atoms with Crippen LogP contribution in [0.2, 0.25) is 0 Å². The van der Waals surface area contributed by atoms with Crippen molar-refractivity contribution in [3.8, 4) is 0 Å². The van der Waals surface area contributed by atoms with Gasteiger partial charge >= 0.3 is 12.2 Å². The van der Waals surface area contributed by atoms with Gasteiger partial charge in [0.05, 0.1) is 0 Å². The minimum Gasteiger partial charge on any atom is -0.446 e. The molecule has 2 aliphatic carbocycles. The lowest BCUT2D eigenvalue weighted by Crippen LogP contribution is -2.50. The molecule has 2 rings (SSSR count). The standard InChI is InChI=1S/C13H22N2O4/c1-13(2,3)19-12(17)15-9-6-10(7-9)18-11(16)14-8-4-5-8/h8-10H,4-7H2,1-3H3,(H,14,16)(H,15,17). The van der Waals surface area contributed by atoms with Gasteiger partial charge in [-0.2, -0.15) is 0 Å². The molecule has 0 unspecified atom stereocenters. The molecule has 2 N–H and O–H groups in total. The predicted molar refractivity (Wildman–Crippen MR) is 68.8 cm³/mol. The van der Waals surface area contributed by atoms with Gasteiger partial charge in [-0.05, 0) is 33.6 Å². The number of nitrogens with one attached hydrogen (secondary N) is 2. The molecule has 0 saturated heterocycles. The van der Waals surface area contributed by atoms with Crippen LogP contribution in [-0.4, -0.2) is 36.0 Å². The molecule has 0 aromatic heterocycles. The van der Waals surface area contributed by atoms with E-state index in [9.17, 15) is 9.59 Å². The first-order valence-corrected chi connectivity index (χ1v) is 6.78. The summed E-state index contributed by atoms with van der Waals surface area (Å²) in [7, 11) is 0. The molecular formula is C13H22N2O4. The molecule has 0 bridgehead atoms. The molecule has 2 saturated carbocycles. The van der Waals surface area contributed by atoms with Crippen LogP contribution >= 0.6 is 0 Å². The van der Waals surface area contributed by atoms with Crippen LogP contribution in [0.3, 0.4) is 0 Å². The van der Waals surface area contributed by atoms with Crippen LogP contribution in [0.5, 0.6) is 0 Å². The highest BCUT2D eigenvalue weighted by Crippen LogP contribution is 2.25.